The second-order valence-electron chi connectivity index (χ2n) is 3.75. The highest BCUT2D eigenvalue weighted by molar-refractivity contribution is 5.92. The molecule has 2 heterocycles. The summed E-state index contributed by atoms with van der Waals surface area (Å²) in [5, 5.41) is 5.85. The number of pyridine rings is 1. The van der Waals surface area contributed by atoms with E-state index >= 15 is 0 Å². The van der Waals surface area contributed by atoms with Crippen LogP contribution in [0, 0.1) is 0 Å². The molecular formula is C13H15N3O2. The number of carbonyl (C=O) groups excluding carboxylic acids is 1. The zero-order valence-electron chi connectivity index (χ0n) is 10.1. The van der Waals surface area contributed by atoms with Gasteiger partial charge in [0, 0.05) is 18.7 Å². The molecule has 5 heteroatoms. The van der Waals surface area contributed by atoms with Gasteiger partial charge in [0.1, 0.15) is 11.5 Å². The normalized spacial score (nSPS) is 10.1. The van der Waals surface area contributed by atoms with Gasteiger partial charge >= 0.3 is 0 Å². The summed E-state index contributed by atoms with van der Waals surface area (Å²) in [7, 11) is 0. The van der Waals surface area contributed by atoms with Gasteiger partial charge in [0.05, 0.1) is 12.5 Å². The number of hydrogen-bond donors (Lipinski definition) is 2. The molecule has 2 rings (SSSR count). The van der Waals surface area contributed by atoms with Gasteiger partial charge in [-0.3, -0.25) is 4.79 Å². The Morgan fingerprint density at radius 2 is 2.28 bits per heavy atom. The standard InChI is InChI=1S/C13H15N3O2/c1-2-14-12-5-3-4-11(16-12)13(17)15-8-10-6-7-18-9-10/h3-7,9H,2,8H2,1H3,(H,14,16)(H,15,17). The highest BCUT2D eigenvalue weighted by atomic mass is 16.3. The van der Waals surface area contributed by atoms with Crippen LogP contribution in [0.15, 0.2) is 41.2 Å². The maximum atomic E-state index is 11.9. The van der Waals surface area contributed by atoms with Crippen LogP contribution in [0.4, 0.5) is 5.82 Å². The second-order valence-corrected chi connectivity index (χ2v) is 3.75. The van der Waals surface area contributed by atoms with Crippen LogP contribution in [0.2, 0.25) is 0 Å². The van der Waals surface area contributed by atoms with Crippen LogP contribution in [-0.4, -0.2) is 17.4 Å². The third-order valence-corrected chi connectivity index (χ3v) is 2.37. The Morgan fingerprint density at radius 1 is 1.39 bits per heavy atom. The van der Waals surface area contributed by atoms with Crippen molar-refractivity contribution in [2.45, 2.75) is 13.5 Å². The minimum Gasteiger partial charge on any atom is -0.472 e. The average molecular weight is 245 g/mol. The predicted octanol–water partition coefficient (Wildman–Crippen LogP) is 2.04. The first-order valence-corrected chi connectivity index (χ1v) is 5.80. The van der Waals surface area contributed by atoms with Crippen LogP contribution in [0.1, 0.15) is 23.0 Å². The number of aromatic nitrogens is 1. The van der Waals surface area contributed by atoms with Gasteiger partial charge in [0.15, 0.2) is 0 Å². The highest BCUT2D eigenvalue weighted by Gasteiger charge is 2.07. The summed E-state index contributed by atoms with van der Waals surface area (Å²) >= 11 is 0. The molecule has 0 aliphatic heterocycles. The molecule has 0 aromatic carbocycles. The molecule has 5 nitrogen and oxygen atoms in total. The predicted molar refractivity (Wildman–Crippen MR) is 68.3 cm³/mol. The molecule has 0 saturated heterocycles. The Balaban J connectivity index is 1.97. The van der Waals surface area contributed by atoms with E-state index in [-0.39, 0.29) is 5.91 Å². The molecule has 0 spiro atoms. The van der Waals surface area contributed by atoms with Gasteiger partial charge in [0.25, 0.3) is 5.91 Å². The van der Waals surface area contributed by atoms with E-state index in [9.17, 15) is 4.79 Å². The van der Waals surface area contributed by atoms with Crippen molar-refractivity contribution < 1.29 is 9.21 Å². The van der Waals surface area contributed by atoms with E-state index in [1.165, 1.54) is 0 Å². The van der Waals surface area contributed by atoms with Crippen molar-refractivity contribution >= 4 is 11.7 Å². The minimum absolute atomic E-state index is 0.198. The first-order chi connectivity index (χ1) is 8.79. The smallest absolute Gasteiger partial charge is 0.270 e. The summed E-state index contributed by atoms with van der Waals surface area (Å²) in [4.78, 5) is 16.1. The molecule has 1 amide bonds. The minimum atomic E-state index is -0.198. The van der Waals surface area contributed by atoms with Crippen molar-refractivity contribution in [3.05, 3.63) is 48.0 Å². The highest BCUT2D eigenvalue weighted by Crippen LogP contribution is 2.05. The fourth-order valence-corrected chi connectivity index (χ4v) is 1.51. The van der Waals surface area contributed by atoms with E-state index in [2.05, 4.69) is 15.6 Å². The number of amides is 1. The van der Waals surface area contributed by atoms with Gasteiger partial charge in [-0.25, -0.2) is 4.98 Å². The Morgan fingerprint density at radius 3 is 3.00 bits per heavy atom. The van der Waals surface area contributed by atoms with Crippen molar-refractivity contribution in [2.24, 2.45) is 0 Å². The SMILES string of the molecule is CCNc1cccc(C(=O)NCc2ccoc2)n1. The Labute approximate surface area is 105 Å². The van der Waals surface area contributed by atoms with Crippen molar-refractivity contribution in [1.82, 2.24) is 10.3 Å². The zero-order chi connectivity index (χ0) is 12.8. The average Bonchev–Trinajstić information content (AvgIpc) is 2.90. The summed E-state index contributed by atoms with van der Waals surface area (Å²) in [5.41, 5.74) is 1.32. The van der Waals surface area contributed by atoms with E-state index in [0.717, 1.165) is 12.1 Å². The number of rotatable bonds is 5. The monoisotopic (exact) mass is 245 g/mol. The fourth-order valence-electron chi connectivity index (χ4n) is 1.51. The van der Waals surface area contributed by atoms with Crippen LogP contribution in [-0.2, 0) is 6.54 Å². The Kier molecular flexibility index (Phi) is 3.96. The first kappa shape index (κ1) is 12.2. The fraction of sp³-hybridized carbons (Fsp3) is 0.231. The molecule has 0 aliphatic carbocycles. The summed E-state index contributed by atoms with van der Waals surface area (Å²) in [6.07, 6.45) is 3.17. The Bertz CT molecular complexity index is 509. The molecule has 0 aliphatic rings. The zero-order valence-corrected chi connectivity index (χ0v) is 10.1. The van der Waals surface area contributed by atoms with Crippen LogP contribution in [0.3, 0.4) is 0 Å². The summed E-state index contributed by atoms with van der Waals surface area (Å²) in [6.45, 7) is 3.18. The number of nitrogens with one attached hydrogen (secondary N) is 2. The second kappa shape index (κ2) is 5.86. The van der Waals surface area contributed by atoms with Gasteiger partial charge in [0.2, 0.25) is 0 Å². The third kappa shape index (κ3) is 3.10. The molecule has 0 bridgehead atoms. The maximum Gasteiger partial charge on any atom is 0.270 e. The van der Waals surface area contributed by atoms with E-state index in [1.54, 1.807) is 24.7 Å². The van der Waals surface area contributed by atoms with Gasteiger partial charge in [-0.05, 0) is 25.1 Å². The molecule has 2 N–H and O–H groups in total. The molecular weight excluding hydrogens is 230 g/mol. The lowest BCUT2D eigenvalue weighted by molar-refractivity contribution is 0.0946. The summed E-state index contributed by atoms with van der Waals surface area (Å²) in [5.74, 6) is 0.504. The maximum absolute atomic E-state index is 11.9. The molecule has 0 unspecified atom stereocenters. The third-order valence-electron chi connectivity index (χ3n) is 2.37. The van der Waals surface area contributed by atoms with Gasteiger partial charge in [-0.2, -0.15) is 0 Å². The molecule has 18 heavy (non-hydrogen) atoms. The van der Waals surface area contributed by atoms with E-state index < -0.39 is 0 Å². The Hall–Kier alpha value is -2.30. The number of hydrogen-bond acceptors (Lipinski definition) is 4. The van der Waals surface area contributed by atoms with Crippen LogP contribution in [0.25, 0.3) is 0 Å². The largest absolute Gasteiger partial charge is 0.472 e. The van der Waals surface area contributed by atoms with Gasteiger partial charge in [-0.15, -0.1) is 0 Å². The van der Waals surface area contributed by atoms with Crippen LogP contribution >= 0.6 is 0 Å². The summed E-state index contributed by atoms with van der Waals surface area (Å²) < 4.78 is 4.93. The van der Waals surface area contributed by atoms with E-state index in [1.807, 2.05) is 19.1 Å². The molecule has 0 fully saturated rings. The topological polar surface area (TPSA) is 67.2 Å². The van der Waals surface area contributed by atoms with Crippen molar-refractivity contribution in [2.75, 3.05) is 11.9 Å². The molecule has 0 radical (unpaired) electrons. The number of carbonyl (C=O) groups is 1. The molecule has 2 aromatic rings. The first-order valence-electron chi connectivity index (χ1n) is 5.80. The molecule has 94 valence electrons. The lowest BCUT2D eigenvalue weighted by Gasteiger charge is -2.06. The van der Waals surface area contributed by atoms with Crippen LogP contribution < -0.4 is 10.6 Å². The van der Waals surface area contributed by atoms with Crippen molar-refractivity contribution in [1.29, 1.82) is 0 Å². The van der Waals surface area contributed by atoms with Gasteiger partial charge in [-0.1, -0.05) is 6.07 Å². The lowest BCUT2D eigenvalue weighted by Crippen LogP contribution is -2.23. The number of furan rings is 1. The lowest BCUT2D eigenvalue weighted by atomic mass is 10.3. The van der Waals surface area contributed by atoms with E-state index in [0.29, 0.717) is 18.1 Å². The number of anilines is 1. The van der Waals surface area contributed by atoms with Crippen molar-refractivity contribution in [3.8, 4) is 0 Å². The molecule has 0 atom stereocenters. The van der Waals surface area contributed by atoms with E-state index in [4.69, 9.17) is 4.42 Å². The quantitative estimate of drug-likeness (QED) is 0.845. The van der Waals surface area contributed by atoms with Gasteiger partial charge < -0.3 is 15.1 Å². The molecule has 0 saturated carbocycles. The van der Waals surface area contributed by atoms with Crippen LogP contribution in [0.5, 0.6) is 0 Å². The van der Waals surface area contributed by atoms with Crippen molar-refractivity contribution in [3.63, 3.8) is 0 Å². The number of nitrogens with zero attached hydrogens (tertiary/aromatic N) is 1. The summed E-state index contributed by atoms with van der Waals surface area (Å²) in [6, 6.07) is 7.13. The molecule has 2 aromatic heterocycles.